The number of terminal acetylenes is 1. The van der Waals surface area contributed by atoms with Gasteiger partial charge in [0.25, 0.3) is 0 Å². The van der Waals surface area contributed by atoms with Crippen LogP contribution in [0.15, 0.2) is 8.96 Å². The van der Waals surface area contributed by atoms with Crippen LogP contribution >= 0.6 is 31.9 Å². The van der Waals surface area contributed by atoms with Gasteiger partial charge in [0.2, 0.25) is 0 Å². The molecule has 0 radical (unpaired) electrons. The maximum absolute atomic E-state index is 8.63. The minimum absolute atomic E-state index is 0.0417. The van der Waals surface area contributed by atoms with Crippen LogP contribution in [0, 0.1) is 12.3 Å². The van der Waals surface area contributed by atoms with Gasteiger partial charge in [0.1, 0.15) is 6.61 Å². The number of ether oxygens (including phenoxy) is 1. The maximum atomic E-state index is 8.63. The fourth-order valence-electron chi connectivity index (χ4n) is 0.364. The lowest BCUT2D eigenvalue weighted by molar-refractivity contribution is 0.196. The van der Waals surface area contributed by atoms with Gasteiger partial charge in [-0.15, -0.1) is 6.42 Å². The van der Waals surface area contributed by atoms with Crippen molar-refractivity contribution in [2.24, 2.45) is 0 Å². The second-order valence-corrected chi connectivity index (χ2v) is 3.58. The first kappa shape index (κ1) is 11.2. The van der Waals surface area contributed by atoms with E-state index in [2.05, 4.69) is 37.8 Å². The molecule has 0 atom stereocenters. The summed E-state index contributed by atoms with van der Waals surface area (Å²) in [5, 5.41) is 8.63. The summed E-state index contributed by atoms with van der Waals surface area (Å²) in [7, 11) is 0. The molecule has 1 N–H and O–H groups in total. The highest BCUT2D eigenvalue weighted by Gasteiger charge is 1.98. The molecule has 0 saturated carbocycles. The van der Waals surface area contributed by atoms with E-state index in [1.807, 2.05) is 0 Å². The Hall–Kier alpha value is 0.180. The molecular formula is C7H8Br2O2. The molecule has 0 unspecified atom stereocenters. The smallest absolute Gasteiger partial charge is 0.107 e. The average molecular weight is 284 g/mol. The van der Waals surface area contributed by atoms with Gasteiger partial charge in [0.05, 0.1) is 13.2 Å². The Labute approximate surface area is 82.9 Å². The maximum Gasteiger partial charge on any atom is 0.107 e. The third kappa shape index (κ3) is 5.45. The quantitative estimate of drug-likeness (QED) is 0.628. The Morgan fingerprint density at radius 3 is 2.55 bits per heavy atom. The zero-order valence-electron chi connectivity index (χ0n) is 5.81. The zero-order valence-corrected chi connectivity index (χ0v) is 8.98. The van der Waals surface area contributed by atoms with Crippen molar-refractivity contribution in [2.45, 2.75) is 0 Å². The first-order valence-electron chi connectivity index (χ1n) is 2.87. The van der Waals surface area contributed by atoms with Gasteiger partial charge < -0.3 is 9.84 Å². The van der Waals surface area contributed by atoms with Crippen LogP contribution in [0.1, 0.15) is 0 Å². The summed E-state index contributed by atoms with van der Waals surface area (Å²) in [5.41, 5.74) is 0. The molecule has 0 amide bonds. The van der Waals surface area contributed by atoms with E-state index in [1.54, 1.807) is 0 Å². The molecule has 0 aromatic carbocycles. The summed E-state index contributed by atoms with van der Waals surface area (Å²) in [6.45, 7) is 0.617. The average Bonchev–Trinajstić information content (AvgIpc) is 2.03. The van der Waals surface area contributed by atoms with E-state index in [0.717, 1.165) is 4.48 Å². The van der Waals surface area contributed by atoms with Crippen LogP contribution in [-0.2, 0) is 4.74 Å². The standard InChI is InChI=1S/C7H8Br2O2/c1-2-3-11-5-7(9)6(8)4-10/h1,10H,3-5H2. The molecule has 11 heavy (non-hydrogen) atoms. The molecule has 0 aliphatic rings. The van der Waals surface area contributed by atoms with E-state index in [-0.39, 0.29) is 13.2 Å². The minimum Gasteiger partial charge on any atom is -0.391 e. The minimum atomic E-state index is -0.0417. The summed E-state index contributed by atoms with van der Waals surface area (Å²) in [5.74, 6) is 2.34. The molecule has 0 rings (SSSR count). The van der Waals surface area contributed by atoms with Gasteiger partial charge in [-0.1, -0.05) is 37.8 Å². The largest absolute Gasteiger partial charge is 0.391 e. The molecule has 0 aromatic rings. The molecule has 0 aliphatic carbocycles. The zero-order chi connectivity index (χ0) is 8.69. The number of hydrogen-bond acceptors (Lipinski definition) is 2. The topological polar surface area (TPSA) is 29.5 Å². The summed E-state index contributed by atoms with van der Waals surface area (Å²) in [4.78, 5) is 0. The monoisotopic (exact) mass is 282 g/mol. The highest BCUT2D eigenvalue weighted by atomic mass is 79.9. The SMILES string of the molecule is C#CCOCC(Br)=C(Br)CO. The third-order valence-corrected chi connectivity index (χ3v) is 2.82. The lowest BCUT2D eigenvalue weighted by Crippen LogP contribution is -1.96. The normalized spacial score (nSPS) is 12.2. The Morgan fingerprint density at radius 2 is 2.09 bits per heavy atom. The molecule has 2 nitrogen and oxygen atoms in total. The van der Waals surface area contributed by atoms with E-state index in [4.69, 9.17) is 16.3 Å². The number of rotatable bonds is 4. The van der Waals surface area contributed by atoms with Crippen molar-refractivity contribution in [3.8, 4) is 12.3 Å². The van der Waals surface area contributed by atoms with Gasteiger partial charge in [-0.2, -0.15) is 0 Å². The van der Waals surface area contributed by atoms with Crippen LogP contribution in [0.25, 0.3) is 0 Å². The fraction of sp³-hybridized carbons (Fsp3) is 0.429. The highest BCUT2D eigenvalue weighted by Crippen LogP contribution is 2.17. The predicted molar refractivity (Wildman–Crippen MR) is 51.6 cm³/mol. The van der Waals surface area contributed by atoms with Crippen molar-refractivity contribution < 1.29 is 9.84 Å². The molecule has 0 heterocycles. The summed E-state index contributed by atoms with van der Waals surface area (Å²) >= 11 is 6.36. The molecule has 0 aromatic heterocycles. The van der Waals surface area contributed by atoms with Crippen LogP contribution in [0.4, 0.5) is 0 Å². The lowest BCUT2D eigenvalue weighted by Gasteiger charge is -2.00. The van der Waals surface area contributed by atoms with Gasteiger partial charge in [0.15, 0.2) is 0 Å². The van der Waals surface area contributed by atoms with Crippen molar-refractivity contribution in [3.05, 3.63) is 8.96 Å². The van der Waals surface area contributed by atoms with Crippen LogP contribution in [0.2, 0.25) is 0 Å². The third-order valence-electron chi connectivity index (χ3n) is 0.847. The van der Waals surface area contributed by atoms with E-state index in [9.17, 15) is 0 Å². The van der Waals surface area contributed by atoms with Gasteiger partial charge in [-0.05, 0) is 0 Å². The van der Waals surface area contributed by atoms with Crippen molar-refractivity contribution in [1.29, 1.82) is 0 Å². The van der Waals surface area contributed by atoms with Crippen LogP contribution in [0.3, 0.4) is 0 Å². The Bertz CT molecular complexity index is 181. The Morgan fingerprint density at radius 1 is 1.45 bits per heavy atom. The van der Waals surface area contributed by atoms with Crippen molar-refractivity contribution in [1.82, 2.24) is 0 Å². The van der Waals surface area contributed by atoms with E-state index in [1.165, 1.54) is 0 Å². The Balaban J connectivity index is 3.69. The van der Waals surface area contributed by atoms with E-state index < -0.39 is 0 Å². The van der Waals surface area contributed by atoms with Crippen molar-refractivity contribution in [3.63, 3.8) is 0 Å². The second-order valence-electron chi connectivity index (χ2n) is 1.66. The summed E-state index contributed by atoms with van der Waals surface area (Å²) in [6, 6.07) is 0. The van der Waals surface area contributed by atoms with Gasteiger partial charge in [0, 0.05) is 8.96 Å². The lowest BCUT2D eigenvalue weighted by atomic mass is 10.5. The van der Waals surface area contributed by atoms with Gasteiger partial charge in [-0.25, -0.2) is 0 Å². The van der Waals surface area contributed by atoms with Crippen molar-refractivity contribution >= 4 is 31.9 Å². The second kappa shape index (κ2) is 6.86. The van der Waals surface area contributed by atoms with Crippen LogP contribution in [-0.4, -0.2) is 24.9 Å². The van der Waals surface area contributed by atoms with Crippen LogP contribution < -0.4 is 0 Å². The first-order valence-corrected chi connectivity index (χ1v) is 4.46. The molecule has 0 saturated heterocycles. The predicted octanol–water partition coefficient (Wildman–Crippen LogP) is 1.63. The molecule has 4 heteroatoms. The highest BCUT2D eigenvalue weighted by molar-refractivity contribution is 9.14. The number of aliphatic hydroxyl groups excluding tert-OH is 1. The van der Waals surface area contributed by atoms with Gasteiger partial charge in [-0.3, -0.25) is 0 Å². The van der Waals surface area contributed by atoms with Gasteiger partial charge >= 0.3 is 0 Å². The molecule has 0 fully saturated rings. The molecule has 62 valence electrons. The fourth-order valence-corrected chi connectivity index (χ4v) is 0.765. The van der Waals surface area contributed by atoms with E-state index in [0.29, 0.717) is 11.1 Å². The van der Waals surface area contributed by atoms with E-state index >= 15 is 0 Å². The molecule has 0 aliphatic heterocycles. The number of hydrogen-bond donors (Lipinski definition) is 1. The Kier molecular flexibility index (Phi) is 6.98. The molecular weight excluding hydrogens is 276 g/mol. The number of aliphatic hydroxyl groups is 1. The first-order chi connectivity index (χ1) is 5.22. The molecule has 0 spiro atoms. The summed E-state index contributed by atoms with van der Waals surface area (Å²) < 4.78 is 6.43. The van der Waals surface area contributed by atoms with Crippen LogP contribution in [0.5, 0.6) is 0 Å². The van der Waals surface area contributed by atoms with Crippen molar-refractivity contribution in [2.75, 3.05) is 19.8 Å². The number of halogens is 2. The molecule has 0 bridgehead atoms. The summed E-state index contributed by atoms with van der Waals surface area (Å²) in [6.07, 6.45) is 4.96.